The largest absolute Gasteiger partial charge is 0.102 e. The van der Waals surface area contributed by atoms with Crippen LogP contribution in [0.2, 0.25) is 5.02 Å². The van der Waals surface area contributed by atoms with Gasteiger partial charge in [0.1, 0.15) is 0 Å². The van der Waals surface area contributed by atoms with E-state index in [4.69, 9.17) is 11.6 Å². The normalized spacial score (nSPS) is 12.1. The molecule has 1 atom stereocenters. The average molecular weight is 229 g/mol. The molecule has 0 aromatic heterocycles. The van der Waals surface area contributed by atoms with E-state index in [0.717, 1.165) is 5.02 Å². The molecule has 2 aromatic rings. The highest BCUT2D eigenvalue weighted by molar-refractivity contribution is 6.30. The highest BCUT2D eigenvalue weighted by Gasteiger charge is 2.09. The number of hydrogen-bond donors (Lipinski definition) is 0. The van der Waals surface area contributed by atoms with Gasteiger partial charge in [0.15, 0.2) is 0 Å². The molecule has 0 aliphatic rings. The third-order valence-corrected chi connectivity index (χ3v) is 2.88. The third kappa shape index (κ3) is 2.34. The Morgan fingerprint density at radius 1 is 0.875 bits per heavy atom. The quantitative estimate of drug-likeness (QED) is 0.671. The van der Waals surface area contributed by atoms with Crippen LogP contribution in [0.3, 0.4) is 0 Å². The van der Waals surface area contributed by atoms with E-state index in [0.29, 0.717) is 0 Å². The van der Waals surface area contributed by atoms with E-state index < -0.39 is 0 Å². The van der Waals surface area contributed by atoms with Crippen LogP contribution in [0.1, 0.15) is 17.0 Å². The average Bonchev–Trinajstić information content (AvgIpc) is 2.34. The SMILES string of the molecule is C=CC(c1ccccc1)c1ccc(Cl)cc1. The van der Waals surface area contributed by atoms with E-state index in [2.05, 4.69) is 18.7 Å². The van der Waals surface area contributed by atoms with Gasteiger partial charge in [-0.1, -0.05) is 60.1 Å². The van der Waals surface area contributed by atoms with Crippen molar-refractivity contribution in [3.8, 4) is 0 Å². The molecule has 0 aliphatic carbocycles. The molecule has 80 valence electrons. The minimum absolute atomic E-state index is 0.235. The fraction of sp³-hybridized carbons (Fsp3) is 0.0667. The van der Waals surface area contributed by atoms with Gasteiger partial charge in [-0.2, -0.15) is 0 Å². The van der Waals surface area contributed by atoms with Gasteiger partial charge in [-0.05, 0) is 23.3 Å². The molecule has 0 amide bonds. The molecule has 0 radical (unpaired) electrons. The minimum Gasteiger partial charge on any atom is -0.102 e. The van der Waals surface area contributed by atoms with Crippen LogP contribution in [0, 0.1) is 0 Å². The van der Waals surface area contributed by atoms with Gasteiger partial charge in [0, 0.05) is 10.9 Å². The number of hydrogen-bond acceptors (Lipinski definition) is 0. The van der Waals surface area contributed by atoms with Crippen LogP contribution in [0.5, 0.6) is 0 Å². The van der Waals surface area contributed by atoms with Crippen molar-refractivity contribution in [3.05, 3.63) is 83.4 Å². The van der Waals surface area contributed by atoms with Crippen molar-refractivity contribution >= 4 is 11.6 Å². The molecule has 1 heteroatoms. The summed E-state index contributed by atoms with van der Waals surface area (Å²) in [5.74, 6) is 0.235. The lowest BCUT2D eigenvalue weighted by atomic mass is 9.92. The van der Waals surface area contributed by atoms with Crippen molar-refractivity contribution in [1.29, 1.82) is 0 Å². The highest BCUT2D eigenvalue weighted by Crippen LogP contribution is 2.26. The Hall–Kier alpha value is -1.53. The summed E-state index contributed by atoms with van der Waals surface area (Å²) >= 11 is 5.88. The number of halogens is 1. The van der Waals surface area contributed by atoms with Crippen molar-refractivity contribution in [2.75, 3.05) is 0 Å². The highest BCUT2D eigenvalue weighted by atomic mass is 35.5. The van der Waals surface area contributed by atoms with Crippen LogP contribution < -0.4 is 0 Å². The van der Waals surface area contributed by atoms with Crippen molar-refractivity contribution in [2.24, 2.45) is 0 Å². The summed E-state index contributed by atoms with van der Waals surface area (Å²) in [5.41, 5.74) is 2.46. The molecule has 0 fully saturated rings. The second-order valence-electron chi connectivity index (χ2n) is 3.68. The molecule has 0 heterocycles. The van der Waals surface area contributed by atoms with E-state index in [1.165, 1.54) is 11.1 Å². The zero-order valence-electron chi connectivity index (χ0n) is 8.94. The zero-order chi connectivity index (χ0) is 11.4. The van der Waals surface area contributed by atoms with Gasteiger partial charge in [-0.25, -0.2) is 0 Å². The van der Waals surface area contributed by atoms with Crippen LogP contribution in [0.15, 0.2) is 67.3 Å². The lowest BCUT2D eigenvalue weighted by Crippen LogP contribution is -1.96. The molecule has 16 heavy (non-hydrogen) atoms. The molecular weight excluding hydrogens is 216 g/mol. The molecule has 0 N–H and O–H groups in total. The Morgan fingerprint density at radius 2 is 1.44 bits per heavy atom. The first-order chi connectivity index (χ1) is 7.81. The lowest BCUT2D eigenvalue weighted by molar-refractivity contribution is 1.03. The molecule has 2 rings (SSSR count). The zero-order valence-corrected chi connectivity index (χ0v) is 9.69. The lowest BCUT2D eigenvalue weighted by Gasteiger charge is -2.13. The van der Waals surface area contributed by atoms with Gasteiger partial charge in [-0.3, -0.25) is 0 Å². The van der Waals surface area contributed by atoms with Crippen molar-refractivity contribution in [3.63, 3.8) is 0 Å². The van der Waals surface area contributed by atoms with Gasteiger partial charge in [0.05, 0.1) is 0 Å². The Kier molecular flexibility index (Phi) is 3.43. The number of allylic oxidation sites excluding steroid dienone is 1. The van der Waals surface area contributed by atoms with Gasteiger partial charge in [-0.15, -0.1) is 6.58 Å². The Morgan fingerprint density at radius 3 is 2.00 bits per heavy atom. The fourth-order valence-electron chi connectivity index (χ4n) is 1.80. The smallest absolute Gasteiger partial charge is 0.0406 e. The molecular formula is C15H13Cl. The number of benzene rings is 2. The summed E-state index contributed by atoms with van der Waals surface area (Å²) < 4.78 is 0. The van der Waals surface area contributed by atoms with Crippen LogP contribution in [-0.2, 0) is 0 Å². The molecule has 1 unspecified atom stereocenters. The van der Waals surface area contributed by atoms with E-state index in [1.54, 1.807) is 0 Å². The van der Waals surface area contributed by atoms with Crippen LogP contribution >= 0.6 is 11.6 Å². The second-order valence-corrected chi connectivity index (χ2v) is 4.11. The summed E-state index contributed by atoms with van der Waals surface area (Å²) in [6, 6.07) is 18.2. The van der Waals surface area contributed by atoms with Crippen LogP contribution in [0.25, 0.3) is 0 Å². The molecule has 2 aromatic carbocycles. The van der Waals surface area contributed by atoms with Gasteiger partial charge in [0.2, 0.25) is 0 Å². The minimum atomic E-state index is 0.235. The Bertz CT molecular complexity index is 457. The molecule has 0 bridgehead atoms. The maximum Gasteiger partial charge on any atom is 0.0406 e. The van der Waals surface area contributed by atoms with Crippen LogP contribution in [-0.4, -0.2) is 0 Å². The first-order valence-electron chi connectivity index (χ1n) is 5.24. The number of rotatable bonds is 3. The summed E-state index contributed by atoms with van der Waals surface area (Å²) in [6.45, 7) is 3.90. The van der Waals surface area contributed by atoms with E-state index in [9.17, 15) is 0 Å². The maximum absolute atomic E-state index is 5.88. The monoisotopic (exact) mass is 228 g/mol. The van der Waals surface area contributed by atoms with Gasteiger partial charge < -0.3 is 0 Å². The Labute approximate surface area is 101 Å². The van der Waals surface area contributed by atoms with Gasteiger partial charge in [0.25, 0.3) is 0 Å². The van der Waals surface area contributed by atoms with Crippen LogP contribution in [0.4, 0.5) is 0 Å². The molecule has 0 nitrogen and oxygen atoms in total. The summed E-state index contributed by atoms with van der Waals surface area (Å²) in [6.07, 6.45) is 1.96. The third-order valence-electron chi connectivity index (χ3n) is 2.62. The standard InChI is InChI=1S/C15H13Cl/c1-2-15(12-6-4-3-5-7-12)13-8-10-14(16)11-9-13/h2-11,15H,1H2. The molecule has 0 spiro atoms. The summed E-state index contributed by atoms with van der Waals surface area (Å²) in [4.78, 5) is 0. The fourth-order valence-corrected chi connectivity index (χ4v) is 1.92. The van der Waals surface area contributed by atoms with E-state index in [1.807, 2.05) is 48.5 Å². The van der Waals surface area contributed by atoms with Gasteiger partial charge >= 0.3 is 0 Å². The molecule has 0 saturated carbocycles. The first kappa shape index (κ1) is 11.0. The van der Waals surface area contributed by atoms with E-state index >= 15 is 0 Å². The summed E-state index contributed by atoms with van der Waals surface area (Å²) in [7, 11) is 0. The maximum atomic E-state index is 5.88. The predicted molar refractivity (Wildman–Crippen MR) is 69.9 cm³/mol. The van der Waals surface area contributed by atoms with Crippen molar-refractivity contribution < 1.29 is 0 Å². The Balaban J connectivity index is 2.37. The molecule has 0 saturated heterocycles. The predicted octanol–water partition coefficient (Wildman–Crippen LogP) is 4.66. The first-order valence-corrected chi connectivity index (χ1v) is 5.62. The van der Waals surface area contributed by atoms with Crippen molar-refractivity contribution in [1.82, 2.24) is 0 Å². The molecule has 0 aliphatic heterocycles. The summed E-state index contributed by atoms with van der Waals surface area (Å²) in [5, 5.41) is 0.764. The van der Waals surface area contributed by atoms with Crippen molar-refractivity contribution in [2.45, 2.75) is 5.92 Å². The topological polar surface area (TPSA) is 0 Å². The second kappa shape index (κ2) is 5.00. The van der Waals surface area contributed by atoms with E-state index in [-0.39, 0.29) is 5.92 Å².